The molecule has 0 unspecified atom stereocenters. The zero-order valence-electron chi connectivity index (χ0n) is 9.71. The van der Waals surface area contributed by atoms with Crippen LogP contribution in [0, 0.1) is 0 Å². The Balaban J connectivity index is 1.99. The largest absolute Gasteiger partial charge is 0.325 e. The first-order chi connectivity index (χ1) is 7.69. The number of nitrogens with one attached hydrogen (secondary N) is 2. The molecule has 1 saturated carbocycles. The molecule has 1 saturated heterocycles. The van der Waals surface area contributed by atoms with Crippen LogP contribution in [-0.2, 0) is 4.79 Å². The fourth-order valence-electron chi connectivity index (χ4n) is 2.61. The Morgan fingerprint density at radius 3 is 2.69 bits per heavy atom. The van der Waals surface area contributed by atoms with Gasteiger partial charge in [0.1, 0.15) is 5.54 Å². The Hall–Kier alpha value is -1.10. The Morgan fingerprint density at radius 2 is 2.06 bits per heavy atom. The molecule has 16 heavy (non-hydrogen) atoms. The summed E-state index contributed by atoms with van der Waals surface area (Å²) < 4.78 is 0. The van der Waals surface area contributed by atoms with Gasteiger partial charge in [-0.1, -0.05) is 12.8 Å². The molecule has 0 aromatic heterocycles. The van der Waals surface area contributed by atoms with Crippen molar-refractivity contribution in [2.24, 2.45) is 0 Å². The number of amides is 3. The maximum Gasteiger partial charge on any atom is 0.325 e. The average Bonchev–Trinajstić information content (AvgIpc) is 2.80. The molecule has 0 radical (unpaired) electrons. The first-order valence-electron chi connectivity index (χ1n) is 5.98. The minimum absolute atomic E-state index is 0.00824. The summed E-state index contributed by atoms with van der Waals surface area (Å²) in [6.45, 7) is 1.34. The molecular formula is C11H19N3O2. The summed E-state index contributed by atoms with van der Waals surface area (Å²) >= 11 is 0. The summed E-state index contributed by atoms with van der Waals surface area (Å²) in [5.74, 6) is -0.00824. The first-order valence-corrected chi connectivity index (χ1v) is 5.98. The highest BCUT2D eigenvalue weighted by molar-refractivity contribution is 6.07. The van der Waals surface area contributed by atoms with Crippen molar-refractivity contribution in [1.82, 2.24) is 15.5 Å². The zero-order chi connectivity index (χ0) is 11.6. The van der Waals surface area contributed by atoms with Crippen LogP contribution in [0.25, 0.3) is 0 Å². The molecule has 5 nitrogen and oxygen atoms in total. The Kier molecular flexibility index (Phi) is 3.14. The maximum atomic E-state index is 12.2. The van der Waals surface area contributed by atoms with Gasteiger partial charge in [0.05, 0.1) is 0 Å². The van der Waals surface area contributed by atoms with E-state index in [0.29, 0.717) is 6.54 Å². The third kappa shape index (κ3) is 1.80. The van der Waals surface area contributed by atoms with E-state index in [-0.39, 0.29) is 11.9 Å². The average molecular weight is 225 g/mol. The summed E-state index contributed by atoms with van der Waals surface area (Å²) in [7, 11) is 1.87. The lowest BCUT2D eigenvalue weighted by Crippen LogP contribution is -2.44. The van der Waals surface area contributed by atoms with Crippen LogP contribution >= 0.6 is 0 Å². The predicted molar refractivity (Wildman–Crippen MR) is 60.0 cm³/mol. The van der Waals surface area contributed by atoms with Crippen LogP contribution in [-0.4, -0.2) is 42.5 Å². The van der Waals surface area contributed by atoms with Crippen LogP contribution in [0.3, 0.4) is 0 Å². The van der Waals surface area contributed by atoms with Crippen molar-refractivity contribution in [3.05, 3.63) is 0 Å². The molecule has 2 aliphatic rings. The van der Waals surface area contributed by atoms with Gasteiger partial charge in [0.25, 0.3) is 5.91 Å². The number of imide groups is 1. The van der Waals surface area contributed by atoms with Gasteiger partial charge in [-0.05, 0) is 32.9 Å². The van der Waals surface area contributed by atoms with Gasteiger partial charge in [-0.25, -0.2) is 4.79 Å². The van der Waals surface area contributed by atoms with E-state index in [1.54, 1.807) is 0 Å². The van der Waals surface area contributed by atoms with Gasteiger partial charge in [-0.15, -0.1) is 0 Å². The monoisotopic (exact) mass is 225 g/mol. The molecule has 0 aromatic rings. The molecule has 2 rings (SSSR count). The van der Waals surface area contributed by atoms with Crippen LogP contribution in [0.4, 0.5) is 4.79 Å². The highest BCUT2D eigenvalue weighted by Crippen LogP contribution is 2.34. The van der Waals surface area contributed by atoms with Crippen molar-refractivity contribution < 1.29 is 9.59 Å². The summed E-state index contributed by atoms with van der Waals surface area (Å²) in [5, 5.41) is 5.89. The van der Waals surface area contributed by atoms with Gasteiger partial charge in [0.2, 0.25) is 0 Å². The number of carbonyl (C=O) groups is 2. The van der Waals surface area contributed by atoms with E-state index in [1.165, 1.54) is 4.90 Å². The maximum absolute atomic E-state index is 12.2. The second-order valence-electron chi connectivity index (χ2n) is 4.63. The molecule has 90 valence electrons. The normalized spacial score (nSPS) is 23.2. The van der Waals surface area contributed by atoms with Crippen LogP contribution in [0.5, 0.6) is 0 Å². The fraction of sp³-hybridized carbons (Fsp3) is 0.818. The molecule has 1 aliphatic heterocycles. The SMILES string of the molecule is CNCCCN1C(=O)NC2(CCCC2)C1=O. The topological polar surface area (TPSA) is 61.4 Å². The highest BCUT2D eigenvalue weighted by atomic mass is 16.2. The molecule has 5 heteroatoms. The van der Waals surface area contributed by atoms with Crippen molar-refractivity contribution in [1.29, 1.82) is 0 Å². The van der Waals surface area contributed by atoms with Gasteiger partial charge in [-0.3, -0.25) is 9.69 Å². The molecule has 0 aromatic carbocycles. The number of hydrogen-bond donors (Lipinski definition) is 2. The second kappa shape index (κ2) is 4.41. The Labute approximate surface area is 95.6 Å². The zero-order valence-corrected chi connectivity index (χ0v) is 9.71. The van der Waals surface area contributed by atoms with Gasteiger partial charge >= 0.3 is 6.03 Å². The predicted octanol–water partition coefficient (Wildman–Crippen LogP) is 0.460. The molecule has 3 amide bonds. The van der Waals surface area contributed by atoms with Crippen LogP contribution in [0.15, 0.2) is 0 Å². The van der Waals surface area contributed by atoms with Gasteiger partial charge in [-0.2, -0.15) is 0 Å². The highest BCUT2D eigenvalue weighted by Gasteiger charge is 2.51. The molecule has 2 N–H and O–H groups in total. The van der Waals surface area contributed by atoms with Crippen molar-refractivity contribution in [3.63, 3.8) is 0 Å². The van der Waals surface area contributed by atoms with E-state index >= 15 is 0 Å². The Bertz CT molecular complexity index is 298. The minimum Gasteiger partial charge on any atom is -0.323 e. The van der Waals surface area contributed by atoms with Crippen LogP contribution in [0.1, 0.15) is 32.1 Å². The fourth-order valence-corrected chi connectivity index (χ4v) is 2.61. The van der Waals surface area contributed by atoms with E-state index < -0.39 is 5.54 Å². The molecule has 2 fully saturated rings. The van der Waals surface area contributed by atoms with Gasteiger partial charge in [0, 0.05) is 6.54 Å². The minimum atomic E-state index is -0.545. The molecule has 1 heterocycles. The van der Waals surface area contributed by atoms with E-state index in [4.69, 9.17) is 0 Å². The van der Waals surface area contributed by atoms with E-state index in [9.17, 15) is 9.59 Å². The second-order valence-corrected chi connectivity index (χ2v) is 4.63. The third-order valence-electron chi connectivity index (χ3n) is 3.51. The van der Waals surface area contributed by atoms with Gasteiger partial charge in [0.15, 0.2) is 0 Å². The number of nitrogens with zero attached hydrogens (tertiary/aromatic N) is 1. The number of hydrogen-bond acceptors (Lipinski definition) is 3. The molecular weight excluding hydrogens is 206 g/mol. The lowest BCUT2D eigenvalue weighted by molar-refractivity contribution is -0.131. The quantitative estimate of drug-likeness (QED) is 0.540. The van der Waals surface area contributed by atoms with E-state index in [2.05, 4.69) is 10.6 Å². The molecule has 0 bridgehead atoms. The van der Waals surface area contributed by atoms with Crippen molar-refractivity contribution >= 4 is 11.9 Å². The number of rotatable bonds is 4. The van der Waals surface area contributed by atoms with Crippen molar-refractivity contribution in [3.8, 4) is 0 Å². The van der Waals surface area contributed by atoms with Gasteiger partial charge < -0.3 is 10.6 Å². The lowest BCUT2D eigenvalue weighted by Gasteiger charge is -2.19. The standard InChI is InChI=1S/C11H19N3O2/c1-12-7-4-8-14-9(15)11(13-10(14)16)5-2-3-6-11/h12H,2-8H2,1H3,(H,13,16). The Morgan fingerprint density at radius 1 is 1.38 bits per heavy atom. The van der Waals surface area contributed by atoms with Crippen LogP contribution < -0.4 is 10.6 Å². The number of carbonyl (C=O) groups excluding carboxylic acids is 2. The van der Waals surface area contributed by atoms with Crippen molar-refractivity contribution in [2.75, 3.05) is 20.1 Å². The summed E-state index contributed by atoms with van der Waals surface area (Å²) in [6, 6.07) is -0.206. The summed E-state index contributed by atoms with van der Waals surface area (Å²) in [4.78, 5) is 25.2. The van der Waals surface area contributed by atoms with Crippen molar-refractivity contribution in [2.45, 2.75) is 37.6 Å². The first kappa shape index (κ1) is 11.4. The summed E-state index contributed by atoms with van der Waals surface area (Å²) in [6.07, 6.45) is 4.50. The molecule has 1 aliphatic carbocycles. The molecule has 0 atom stereocenters. The number of urea groups is 1. The van der Waals surface area contributed by atoms with E-state index in [1.807, 2.05) is 7.05 Å². The molecule has 1 spiro atoms. The van der Waals surface area contributed by atoms with E-state index in [0.717, 1.165) is 38.6 Å². The smallest absolute Gasteiger partial charge is 0.323 e. The third-order valence-corrected chi connectivity index (χ3v) is 3.51. The lowest BCUT2D eigenvalue weighted by atomic mass is 9.98. The van der Waals surface area contributed by atoms with Crippen LogP contribution in [0.2, 0.25) is 0 Å². The summed E-state index contributed by atoms with van der Waals surface area (Å²) in [5.41, 5.74) is -0.545.